The van der Waals surface area contributed by atoms with E-state index in [2.05, 4.69) is 32.9 Å². The van der Waals surface area contributed by atoms with Gasteiger partial charge in [0.25, 0.3) is 0 Å². The molecule has 1 unspecified atom stereocenters. The Hall–Kier alpha value is -0.850. The van der Waals surface area contributed by atoms with Gasteiger partial charge in [-0.1, -0.05) is 52.0 Å². The van der Waals surface area contributed by atoms with Crippen LogP contribution >= 0.6 is 0 Å². The second kappa shape index (κ2) is 4.12. The molecule has 0 bridgehead atoms. The molecule has 0 fully saturated rings. The lowest BCUT2D eigenvalue weighted by Gasteiger charge is -2.20. The maximum atomic E-state index is 12.5. The number of rotatable bonds is 2. The van der Waals surface area contributed by atoms with Crippen LogP contribution in [0.15, 0.2) is 24.3 Å². The number of halogens is 1. The minimum atomic E-state index is -0.284. The predicted octanol–water partition coefficient (Wildman–Crippen LogP) is 4.06. The zero-order valence-corrected chi connectivity index (χ0v) is 9.47. The molecule has 1 aromatic rings. The average molecular weight is 194 g/mol. The maximum Gasteiger partial charge on any atom is 0.0960 e. The van der Waals surface area contributed by atoms with Crippen LogP contribution < -0.4 is 0 Å². The van der Waals surface area contributed by atoms with Crippen molar-refractivity contribution in [1.82, 2.24) is 0 Å². The van der Waals surface area contributed by atoms with Gasteiger partial charge < -0.3 is 0 Å². The molecule has 0 spiro atoms. The largest absolute Gasteiger partial charge is 0.250 e. The third-order valence-electron chi connectivity index (χ3n) is 2.55. The number of benzene rings is 1. The molecule has 14 heavy (non-hydrogen) atoms. The van der Waals surface area contributed by atoms with Gasteiger partial charge in [0.1, 0.15) is 0 Å². The summed E-state index contributed by atoms with van der Waals surface area (Å²) >= 11 is 0. The summed E-state index contributed by atoms with van der Waals surface area (Å²) in [6.07, 6.45) is 0. The lowest BCUT2D eigenvalue weighted by Crippen LogP contribution is -2.11. The zero-order valence-electron chi connectivity index (χ0n) is 9.47. The van der Waals surface area contributed by atoms with Crippen LogP contribution in [-0.4, -0.2) is 6.67 Å². The van der Waals surface area contributed by atoms with Gasteiger partial charge in [0.05, 0.1) is 6.67 Å². The van der Waals surface area contributed by atoms with Crippen molar-refractivity contribution in [2.24, 2.45) is 0 Å². The number of hydrogen-bond donors (Lipinski definition) is 0. The van der Waals surface area contributed by atoms with Crippen molar-refractivity contribution in [3.8, 4) is 0 Å². The van der Waals surface area contributed by atoms with Crippen LogP contribution in [-0.2, 0) is 5.41 Å². The molecule has 0 aliphatic carbocycles. The lowest BCUT2D eigenvalue weighted by molar-refractivity contribution is 0.446. The Labute approximate surface area is 86.2 Å². The van der Waals surface area contributed by atoms with Crippen molar-refractivity contribution in [1.29, 1.82) is 0 Å². The van der Waals surface area contributed by atoms with Gasteiger partial charge in [0.2, 0.25) is 0 Å². The molecule has 0 radical (unpaired) electrons. The van der Waals surface area contributed by atoms with Gasteiger partial charge in [0.15, 0.2) is 0 Å². The van der Waals surface area contributed by atoms with Crippen LogP contribution in [0.2, 0.25) is 0 Å². The fourth-order valence-corrected chi connectivity index (χ4v) is 1.40. The van der Waals surface area contributed by atoms with Gasteiger partial charge in [-0.15, -0.1) is 0 Å². The second-order valence-electron chi connectivity index (χ2n) is 4.93. The first-order valence-electron chi connectivity index (χ1n) is 5.11. The molecular formula is C13H19F. The molecule has 0 saturated heterocycles. The molecule has 0 aliphatic heterocycles. The number of hydrogen-bond acceptors (Lipinski definition) is 0. The molecule has 1 atom stereocenters. The highest BCUT2D eigenvalue weighted by Gasteiger charge is 2.14. The lowest BCUT2D eigenvalue weighted by atomic mass is 9.85. The van der Waals surface area contributed by atoms with E-state index in [0.29, 0.717) is 0 Å². The molecule has 0 amide bonds. The normalized spacial score (nSPS) is 14.1. The summed E-state index contributed by atoms with van der Waals surface area (Å²) in [4.78, 5) is 0. The molecule has 78 valence electrons. The van der Waals surface area contributed by atoms with Crippen molar-refractivity contribution in [3.05, 3.63) is 35.4 Å². The Morgan fingerprint density at radius 1 is 1.29 bits per heavy atom. The van der Waals surface area contributed by atoms with Crippen molar-refractivity contribution in [3.63, 3.8) is 0 Å². The van der Waals surface area contributed by atoms with E-state index in [1.54, 1.807) is 0 Å². The predicted molar refractivity (Wildman–Crippen MR) is 59.5 cm³/mol. The summed E-state index contributed by atoms with van der Waals surface area (Å²) in [5, 5.41) is 0. The quantitative estimate of drug-likeness (QED) is 0.666. The fourth-order valence-electron chi connectivity index (χ4n) is 1.40. The van der Waals surface area contributed by atoms with Crippen molar-refractivity contribution in [2.75, 3.05) is 6.67 Å². The van der Waals surface area contributed by atoms with Gasteiger partial charge in [-0.05, 0) is 16.5 Å². The third-order valence-corrected chi connectivity index (χ3v) is 2.55. The first-order chi connectivity index (χ1) is 6.45. The Morgan fingerprint density at radius 3 is 2.43 bits per heavy atom. The van der Waals surface area contributed by atoms with Gasteiger partial charge in [-0.2, -0.15) is 0 Å². The third kappa shape index (κ3) is 2.57. The molecule has 1 aromatic carbocycles. The van der Waals surface area contributed by atoms with Gasteiger partial charge in [0, 0.05) is 5.92 Å². The molecular weight excluding hydrogens is 175 g/mol. The Morgan fingerprint density at radius 2 is 1.93 bits per heavy atom. The zero-order chi connectivity index (χ0) is 10.8. The van der Waals surface area contributed by atoms with E-state index in [4.69, 9.17) is 0 Å². The monoisotopic (exact) mass is 194 g/mol. The van der Waals surface area contributed by atoms with Crippen LogP contribution in [0.1, 0.15) is 44.7 Å². The molecule has 0 saturated carbocycles. The van der Waals surface area contributed by atoms with Gasteiger partial charge >= 0.3 is 0 Å². The smallest absolute Gasteiger partial charge is 0.0960 e. The minimum absolute atomic E-state index is 0.0114. The fraction of sp³-hybridized carbons (Fsp3) is 0.538. The van der Waals surface area contributed by atoms with Crippen LogP contribution in [0.25, 0.3) is 0 Å². The minimum Gasteiger partial charge on any atom is -0.250 e. The highest BCUT2D eigenvalue weighted by atomic mass is 19.1. The Kier molecular flexibility index (Phi) is 3.30. The summed E-state index contributed by atoms with van der Waals surface area (Å²) in [5.41, 5.74) is 2.52. The van der Waals surface area contributed by atoms with Gasteiger partial charge in [-0.25, -0.2) is 0 Å². The van der Waals surface area contributed by atoms with E-state index >= 15 is 0 Å². The highest BCUT2D eigenvalue weighted by molar-refractivity contribution is 5.30. The van der Waals surface area contributed by atoms with Crippen molar-refractivity contribution in [2.45, 2.75) is 39.0 Å². The SMILES string of the molecule is CC(CF)c1cccc(C(C)(C)C)c1. The maximum absolute atomic E-state index is 12.5. The number of alkyl halides is 1. The molecule has 1 rings (SSSR count). The van der Waals surface area contributed by atoms with Crippen molar-refractivity contribution < 1.29 is 4.39 Å². The highest BCUT2D eigenvalue weighted by Crippen LogP contribution is 2.25. The molecule has 0 heterocycles. The van der Waals surface area contributed by atoms with Crippen molar-refractivity contribution >= 4 is 0 Å². The second-order valence-corrected chi connectivity index (χ2v) is 4.93. The van der Waals surface area contributed by atoms with E-state index in [1.807, 2.05) is 19.1 Å². The average Bonchev–Trinajstić information content (AvgIpc) is 2.15. The summed E-state index contributed by atoms with van der Waals surface area (Å²) < 4.78 is 12.5. The molecule has 1 heteroatoms. The molecule has 0 aliphatic rings. The Balaban J connectivity index is 3.01. The molecule has 0 aromatic heterocycles. The van der Waals surface area contributed by atoms with E-state index < -0.39 is 0 Å². The Bertz CT molecular complexity index is 296. The summed E-state index contributed by atoms with van der Waals surface area (Å²) in [5.74, 6) is 0.0114. The van der Waals surface area contributed by atoms with E-state index in [9.17, 15) is 4.39 Å². The molecule has 0 nitrogen and oxygen atoms in total. The van der Waals surface area contributed by atoms with E-state index in [0.717, 1.165) is 5.56 Å². The molecule has 0 N–H and O–H groups in total. The van der Waals surface area contributed by atoms with E-state index in [1.165, 1.54) is 5.56 Å². The summed E-state index contributed by atoms with van der Waals surface area (Å²) in [7, 11) is 0. The van der Waals surface area contributed by atoms with Gasteiger partial charge in [-0.3, -0.25) is 4.39 Å². The van der Waals surface area contributed by atoms with Crippen LogP contribution in [0, 0.1) is 0 Å². The topological polar surface area (TPSA) is 0 Å². The van der Waals surface area contributed by atoms with Crippen LogP contribution in [0.5, 0.6) is 0 Å². The van der Waals surface area contributed by atoms with Crippen LogP contribution in [0.4, 0.5) is 4.39 Å². The first-order valence-corrected chi connectivity index (χ1v) is 5.11. The first kappa shape index (κ1) is 11.2. The van der Waals surface area contributed by atoms with Crippen LogP contribution in [0.3, 0.4) is 0 Å². The van der Waals surface area contributed by atoms with E-state index in [-0.39, 0.29) is 18.0 Å². The summed E-state index contributed by atoms with van der Waals surface area (Å²) in [6.45, 7) is 8.15. The standard InChI is InChI=1S/C13H19F/c1-10(9-14)11-6-5-7-12(8-11)13(2,3)4/h5-8,10H,9H2,1-4H3. The summed E-state index contributed by atoms with van der Waals surface area (Å²) in [6, 6.07) is 8.24.